The number of carbonyl (C=O) groups excluding carboxylic acids is 1. The van der Waals surface area contributed by atoms with E-state index in [1.807, 2.05) is 35.2 Å². The summed E-state index contributed by atoms with van der Waals surface area (Å²) in [6.45, 7) is 5.78. The number of hydrogen-bond donors (Lipinski definition) is 1. The average Bonchev–Trinajstić information content (AvgIpc) is 2.73. The third-order valence-corrected chi connectivity index (χ3v) is 6.91. The smallest absolute Gasteiger partial charge is 0.233 e. The van der Waals surface area contributed by atoms with Crippen molar-refractivity contribution in [1.82, 2.24) is 19.8 Å². The van der Waals surface area contributed by atoms with Crippen molar-refractivity contribution in [3.8, 4) is 0 Å². The van der Waals surface area contributed by atoms with Crippen LogP contribution in [0.2, 0.25) is 0 Å². The number of aryl methyl sites for hydroxylation is 1. The molecule has 156 valence electrons. The fourth-order valence-corrected chi connectivity index (χ4v) is 4.97. The van der Waals surface area contributed by atoms with Crippen LogP contribution >= 0.6 is 27.7 Å². The zero-order valence-corrected chi connectivity index (χ0v) is 19.2. The minimum atomic E-state index is 0.188. The summed E-state index contributed by atoms with van der Waals surface area (Å²) in [7, 11) is 0. The number of anilines is 1. The van der Waals surface area contributed by atoms with Gasteiger partial charge in [0.05, 0.1) is 17.8 Å². The minimum absolute atomic E-state index is 0.188. The van der Waals surface area contributed by atoms with E-state index in [0.29, 0.717) is 18.1 Å². The Hall–Kier alpha value is -2.16. The first-order valence-electron chi connectivity index (χ1n) is 9.90. The molecule has 6 nitrogen and oxygen atoms in total. The highest BCUT2D eigenvalue weighted by Crippen LogP contribution is 2.26. The molecule has 1 aliphatic rings. The fraction of sp³-hybridized carbons (Fsp3) is 0.318. The third kappa shape index (κ3) is 4.94. The summed E-state index contributed by atoms with van der Waals surface area (Å²) in [4.78, 5) is 27.1. The zero-order chi connectivity index (χ0) is 21.1. The highest BCUT2D eigenvalue weighted by molar-refractivity contribution is 9.10. The largest absolute Gasteiger partial charge is 0.383 e. The Labute approximate surface area is 189 Å². The summed E-state index contributed by atoms with van der Waals surface area (Å²) in [6.07, 6.45) is 0. The number of hydrogen-bond acceptors (Lipinski definition) is 6. The summed E-state index contributed by atoms with van der Waals surface area (Å²) in [5.74, 6) is 1.90. The molecule has 4 rings (SSSR count). The van der Waals surface area contributed by atoms with Crippen LogP contribution < -0.4 is 5.73 Å². The molecule has 3 aromatic rings. The standard InChI is InChI=1S/C22H24BrN5OS/c1-15-12-16(23)6-7-19(15)30-14-21(29)28-10-8-27(9-11-28)13-20-25-18-5-3-2-4-17(18)22(24)26-20/h2-7,12H,8-11,13-14H2,1H3,(H2,24,25,26). The van der Waals surface area contributed by atoms with E-state index in [2.05, 4.69) is 49.9 Å². The van der Waals surface area contributed by atoms with Crippen LogP contribution in [0.15, 0.2) is 51.8 Å². The maximum atomic E-state index is 12.6. The van der Waals surface area contributed by atoms with E-state index in [1.165, 1.54) is 5.56 Å². The van der Waals surface area contributed by atoms with Crippen molar-refractivity contribution in [3.05, 3.63) is 58.3 Å². The van der Waals surface area contributed by atoms with Crippen LogP contribution in [0, 0.1) is 6.92 Å². The van der Waals surface area contributed by atoms with Crippen molar-refractivity contribution in [2.24, 2.45) is 0 Å². The lowest BCUT2D eigenvalue weighted by atomic mass is 10.2. The molecule has 8 heteroatoms. The molecule has 1 aromatic heterocycles. The first-order valence-corrected chi connectivity index (χ1v) is 11.7. The number of amides is 1. The van der Waals surface area contributed by atoms with Crippen molar-refractivity contribution in [2.75, 3.05) is 37.7 Å². The molecule has 2 aromatic carbocycles. The summed E-state index contributed by atoms with van der Waals surface area (Å²) < 4.78 is 1.06. The molecular formula is C22H24BrN5OS. The van der Waals surface area contributed by atoms with Gasteiger partial charge in [-0.15, -0.1) is 11.8 Å². The Balaban J connectivity index is 1.30. The topological polar surface area (TPSA) is 75.4 Å². The van der Waals surface area contributed by atoms with E-state index in [-0.39, 0.29) is 5.91 Å². The van der Waals surface area contributed by atoms with E-state index in [0.717, 1.165) is 52.3 Å². The van der Waals surface area contributed by atoms with E-state index < -0.39 is 0 Å². The number of para-hydroxylation sites is 1. The SMILES string of the molecule is Cc1cc(Br)ccc1SCC(=O)N1CCN(Cc2nc(N)c3ccccc3n2)CC1. The van der Waals surface area contributed by atoms with Gasteiger partial charge in [0.2, 0.25) is 5.91 Å². The number of thioether (sulfide) groups is 1. The number of aromatic nitrogens is 2. The lowest BCUT2D eigenvalue weighted by Gasteiger charge is -2.34. The molecule has 1 aliphatic heterocycles. The second-order valence-electron chi connectivity index (χ2n) is 7.40. The van der Waals surface area contributed by atoms with Gasteiger partial charge in [-0.05, 0) is 42.8 Å². The Kier molecular flexibility index (Phi) is 6.55. The van der Waals surface area contributed by atoms with Crippen LogP contribution in [0.1, 0.15) is 11.4 Å². The predicted molar refractivity (Wildman–Crippen MR) is 125 cm³/mol. The lowest BCUT2D eigenvalue weighted by molar-refractivity contribution is -0.130. The Morgan fingerprint density at radius 2 is 1.90 bits per heavy atom. The van der Waals surface area contributed by atoms with Crippen LogP contribution in [-0.4, -0.2) is 57.6 Å². The molecule has 0 aliphatic carbocycles. The fourth-order valence-electron chi connectivity index (χ4n) is 3.58. The van der Waals surface area contributed by atoms with Crippen LogP contribution in [0.4, 0.5) is 5.82 Å². The molecule has 0 radical (unpaired) electrons. The number of fused-ring (bicyclic) bond motifs is 1. The minimum Gasteiger partial charge on any atom is -0.383 e. The first-order chi connectivity index (χ1) is 14.5. The van der Waals surface area contributed by atoms with E-state index >= 15 is 0 Å². The van der Waals surface area contributed by atoms with Crippen molar-refractivity contribution in [1.29, 1.82) is 0 Å². The molecule has 1 saturated heterocycles. The van der Waals surface area contributed by atoms with E-state index in [4.69, 9.17) is 5.73 Å². The predicted octanol–water partition coefficient (Wildman–Crippen LogP) is 3.72. The van der Waals surface area contributed by atoms with Gasteiger partial charge < -0.3 is 10.6 Å². The molecule has 0 atom stereocenters. The maximum Gasteiger partial charge on any atom is 0.233 e. The number of halogens is 1. The zero-order valence-electron chi connectivity index (χ0n) is 16.8. The van der Waals surface area contributed by atoms with Crippen LogP contribution in [0.3, 0.4) is 0 Å². The quantitative estimate of drug-likeness (QED) is 0.555. The molecule has 30 heavy (non-hydrogen) atoms. The molecule has 2 heterocycles. The van der Waals surface area contributed by atoms with Crippen LogP contribution in [0.5, 0.6) is 0 Å². The number of nitrogen functional groups attached to an aromatic ring is 1. The molecule has 0 saturated carbocycles. The Morgan fingerprint density at radius 1 is 1.13 bits per heavy atom. The molecule has 0 spiro atoms. The van der Waals surface area contributed by atoms with Gasteiger partial charge in [0, 0.05) is 40.9 Å². The van der Waals surface area contributed by atoms with Gasteiger partial charge in [-0.25, -0.2) is 9.97 Å². The average molecular weight is 486 g/mol. The van der Waals surface area contributed by atoms with Crippen molar-refractivity contribution < 1.29 is 4.79 Å². The number of piperazine rings is 1. The molecule has 1 amide bonds. The lowest BCUT2D eigenvalue weighted by Crippen LogP contribution is -2.49. The number of nitrogens with zero attached hydrogens (tertiary/aromatic N) is 4. The molecule has 1 fully saturated rings. The molecular weight excluding hydrogens is 462 g/mol. The first kappa shape index (κ1) is 21.1. The third-order valence-electron chi connectivity index (χ3n) is 5.26. The van der Waals surface area contributed by atoms with Crippen molar-refractivity contribution in [3.63, 3.8) is 0 Å². The van der Waals surface area contributed by atoms with E-state index in [1.54, 1.807) is 11.8 Å². The number of benzene rings is 2. The second kappa shape index (κ2) is 9.32. The summed E-state index contributed by atoms with van der Waals surface area (Å²) in [5.41, 5.74) is 8.15. The van der Waals surface area contributed by atoms with Gasteiger partial charge in [0.25, 0.3) is 0 Å². The number of carbonyl (C=O) groups is 1. The monoisotopic (exact) mass is 485 g/mol. The van der Waals surface area contributed by atoms with Gasteiger partial charge in [-0.1, -0.05) is 28.1 Å². The van der Waals surface area contributed by atoms with Crippen LogP contribution in [-0.2, 0) is 11.3 Å². The summed E-state index contributed by atoms with van der Waals surface area (Å²) >= 11 is 5.08. The molecule has 2 N–H and O–H groups in total. The summed E-state index contributed by atoms with van der Waals surface area (Å²) in [6, 6.07) is 13.9. The number of rotatable bonds is 5. The molecule has 0 bridgehead atoms. The van der Waals surface area contributed by atoms with E-state index in [9.17, 15) is 4.79 Å². The van der Waals surface area contributed by atoms with Gasteiger partial charge in [0.15, 0.2) is 0 Å². The van der Waals surface area contributed by atoms with Crippen LogP contribution in [0.25, 0.3) is 10.9 Å². The highest BCUT2D eigenvalue weighted by atomic mass is 79.9. The molecule has 0 unspecified atom stereocenters. The Bertz CT molecular complexity index is 1070. The Morgan fingerprint density at radius 3 is 2.67 bits per heavy atom. The summed E-state index contributed by atoms with van der Waals surface area (Å²) in [5, 5.41) is 0.884. The van der Waals surface area contributed by atoms with Gasteiger partial charge in [0.1, 0.15) is 11.6 Å². The normalized spacial score (nSPS) is 14.9. The van der Waals surface area contributed by atoms with Crippen molar-refractivity contribution >= 4 is 50.3 Å². The maximum absolute atomic E-state index is 12.6. The van der Waals surface area contributed by atoms with Crippen molar-refractivity contribution in [2.45, 2.75) is 18.4 Å². The van der Waals surface area contributed by atoms with Gasteiger partial charge >= 0.3 is 0 Å². The van der Waals surface area contributed by atoms with Gasteiger partial charge in [-0.3, -0.25) is 9.69 Å². The van der Waals surface area contributed by atoms with Gasteiger partial charge in [-0.2, -0.15) is 0 Å². The second-order valence-corrected chi connectivity index (χ2v) is 9.33. The highest BCUT2D eigenvalue weighted by Gasteiger charge is 2.22. The number of nitrogens with two attached hydrogens (primary N) is 1.